The molecule has 0 aliphatic carbocycles. The summed E-state index contributed by atoms with van der Waals surface area (Å²) >= 11 is 0. The Kier molecular flexibility index (Phi) is 12.4. The van der Waals surface area contributed by atoms with E-state index < -0.39 is 0 Å². The molecule has 0 saturated heterocycles. The monoisotopic (exact) mass is 310 g/mol. The second-order valence-corrected chi connectivity index (χ2v) is 8.02. The van der Waals surface area contributed by atoms with Gasteiger partial charge in [-0.1, -0.05) is 107 Å². The minimum atomic E-state index is 0.833. The molecule has 0 spiro atoms. The molecule has 134 valence electrons. The topological polar surface area (TPSA) is 0 Å². The highest BCUT2D eigenvalue weighted by atomic mass is 14.3. The van der Waals surface area contributed by atoms with Crippen LogP contribution in [0.3, 0.4) is 0 Å². The van der Waals surface area contributed by atoms with Gasteiger partial charge in [0, 0.05) is 0 Å². The fourth-order valence-electron chi connectivity index (χ4n) is 4.69. The molecule has 0 N–H and O–H groups in total. The minimum absolute atomic E-state index is 0.833. The Labute approximate surface area is 142 Å². The van der Waals surface area contributed by atoms with E-state index in [2.05, 4.69) is 55.4 Å². The Morgan fingerprint density at radius 3 is 1.36 bits per heavy atom. The Bertz CT molecular complexity index is 238. The van der Waals surface area contributed by atoms with Crippen molar-refractivity contribution in [2.45, 2.75) is 107 Å². The van der Waals surface area contributed by atoms with E-state index >= 15 is 0 Å². The van der Waals surface area contributed by atoms with Gasteiger partial charge in [-0.05, 0) is 35.5 Å². The largest absolute Gasteiger partial charge is 0.0651 e. The SMILES string of the molecule is CCC(CCCC(CC)C(CC)C(CC)CC)C(C)C(C)C. The van der Waals surface area contributed by atoms with Gasteiger partial charge >= 0.3 is 0 Å². The van der Waals surface area contributed by atoms with E-state index in [0.29, 0.717) is 0 Å². The average Bonchev–Trinajstić information content (AvgIpc) is 2.52. The lowest BCUT2D eigenvalue weighted by atomic mass is 9.73. The standard InChI is InChI=1S/C22H46/c1-9-19(10-2)22(13-5)21(12-4)16-14-15-20(11-3)18(8)17(6)7/h17-22H,9-16H2,1-8H3. The van der Waals surface area contributed by atoms with Crippen LogP contribution in [0.25, 0.3) is 0 Å². The van der Waals surface area contributed by atoms with Crippen molar-refractivity contribution in [1.29, 1.82) is 0 Å². The van der Waals surface area contributed by atoms with E-state index in [1.807, 2.05) is 0 Å². The van der Waals surface area contributed by atoms with Gasteiger partial charge in [-0.15, -0.1) is 0 Å². The molecule has 22 heavy (non-hydrogen) atoms. The van der Waals surface area contributed by atoms with Crippen LogP contribution in [0.15, 0.2) is 0 Å². The normalized spacial score (nSPS) is 17.7. The third-order valence-electron chi connectivity index (χ3n) is 6.72. The van der Waals surface area contributed by atoms with E-state index in [4.69, 9.17) is 0 Å². The van der Waals surface area contributed by atoms with Gasteiger partial charge in [0.05, 0.1) is 0 Å². The summed E-state index contributed by atoms with van der Waals surface area (Å²) in [6.45, 7) is 19.3. The molecule has 0 aromatic heterocycles. The molecule has 0 rings (SSSR count). The van der Waals surface area contributed by atoms with Crippen LogP contribution in [-0.2, 0) is 0 Å². The van der Waals surface area contributed by atoms with Crippen LogP contribution in [0.4, 0.5) is 0 Å². The Balaban J connectivity index is 4.49. The lowest BCUT2D eigenvalue weighted by molar-refractivity contribution is 0.178. The van der Waals surface area contributed by atoms with Crippen molar-refractivity contribution in [2.75, 3.05) is 0 Å². The molecule has 0 heterocycles. The first-order valence-corrected chi connectivity index (χ1v) is 10.5. The summed E-state index contributed by atoms with van der Waals surface area (Å²) in [6, 6.07) is 0. The van der Waals surface area contributed by atoms with Gasteiger partial charge in [0.15, 0.2) is 0 Å². The van der Waals surface area contributed by atoms with E-state index in [9.17, 15) is 0 Å². The van der Waals surface area contributed by atoms with Crippen LogP contribution in [0.1, 0.15) is 107 Å². The summed E-state index contributed by atoms with van der Waals surface area (Å²) in [6.07, 6.45) is 11.2. The maximum absolute atomic E-state index is 2.47. The van der Waals surface area contributed by atoms with Crippen molar-refractivity contribution in [1.82, 2.24) is 0 Å². The molecule has 0 aromatic rings. The highest BCUT2D eigenvalue weighted by Crippen LogP contribution is 2.36. The Hall–Kier alpha value is 0. The second kappa shape index (κ2) is 12.4. The highest BCUT2D eigenvalue weighted by Gasteiger charge is 2.25. The molecule has 0 bridgehead atoms. The van der Waals surface area contributed by atoms with Gasteiger partial charge in [-0.25, -0.2) is 0 Å². The summed E-state index contributed by atoms with van der Waals surface area (Å²) in [7, 11) is 0. The number of hydrogen-bond acceptors (Lipinski definition) is 0. The molecule has 0 saturated carbocycles. The lowest BCUT2D eigenvalue weighted by Crippen LogP contribution is -2.23. The summed E-state index contributed by atoms with van der Waals surface area (Å²) in [4.78, 5) is 0. The molecule has 0 radical (unpaired) electrons. The van der Waals surface area contributed by atoms with Crippen molar-refractivity contribution in [2.24, 2.45) is 35.5 Å². The smallest absolute Gasteiger partial charge is 0.0360 e. The van der Waals surface area contributed by atoms with Crippen molar-refractivity contribution >= 4 is 0 Å². The van der Waals surface area contributed by atoms with Crippen LogP contribution in [-0.4, -0.2) is 0 Å². The van der Waals surface area contributed by atoms with E-state index in [1.54, 1.807) is 0 Å². The third kappa shape index (κ3) is 7.05. The first kappa shape index (κ1) is 22.0. The van der Waals surface area contributed by atoms with Gasteiger partial charge in [0.25, 0.3) is 0 Å². The van der Waals surface area contributed by atoms with Crippen LogP contribution in [0, 0.1) is 35.5 Å². The van der Waals surface area contributed by atoms with Gasteiger partial charge in [-0.2, -0.15) is 0 Å². The van der Waals surface area contributed by atoms with E-state index in [-0.39, 0.29) is 0 Å². The van der Waals surface area contributed by atoms with Gasteiger partial charge in [0.1, 0.15) is 0 Å². The molecule has 0 nitrogen and oxygen atoms in total. The molecule has 0 amide bonds. The van der Waals surface area contributed by atoms with Crippen molar-refractivity contribution in [3.63, 3.8) is 0 Å². The van der Waals surface area contributed by atoms with Gasteiger partial charge in [-0.3, -0.25) is 0 Å². The van der Waals surface area contributed by atoms with E-state index in [0.717, 1.165) is 35.5 Å². The van der Waals surface area contributed by atoms with E-state index in [1.165, 1.54) is 51.4 Å². The summed E-state index contributed by atoms with van der Waals surface area (Å²) < 4.78 is 0. The quantitative estimate of drug-likeness (QED) is 0.323. The second-order valence-electron chi connectivity index (χ2n) is 8.02. The van der Waals surface area contributed by atoms with Crippen LogP contribution in [0.5, 0.6) is 0 Å². The fraction of sp³-hybridized carbons (Fsp3) is 1.00. The molecule has 0 aliphatic heterocycles. The number of hydrogen-bond donors (Lipinski definition) is 0. The van der Waals surface area contributed by atoms with Crippen molar-refractivity contribution < 1.29 is 0 Å². The summed E-state index contributed by atoms with van der Waals surface area (Å²) in [5.41, 5.74) is 0. The molecule has 0 fully saturated rings. The highest BCUT2D eigenvalue weighted by molar-refractivity contribution is 4.76. The first-order chi connectivity index (χ1) is 10.5. The average molecular weight is 311 g/mol. The lowest BCUT2D eigenvalue weighted by Gasteiger charge is -2.33. The zero-order valence-electron chi connectivity index (χ0n) is 17.1. The molecule has 0 aromatic carbocycles. The maximum atomic E-state index is 2.47. The summed E-state index contributed by atoms with van der Waals surface area (Å²) in [5, 5.41) is 0. The van der Waals surface area contributed by atoms with Crippen LogP contribution in [0.2, 0.25) is 0 Å². The molecular weight excluding hydrogens is 264 g/mol. The Morgan fingerprint density at radius 2 is 1.00 bits per heavy atom. The number of rotatable bonds is 13. The molecule has 0 heteroatoms. The Morgan fingerprint density at radius 1 is 0.545 bits per heavy atom. The predicted molar refractivity (Wildman–Crippen MR) is 103 cm³/mol. The predicted octanol–water partition coefficient (Wildman–Crippen LogP) is 7.96. The maximum Gasteiger partial charge on any atom is -0.0360 e. The molecule has 4 atom stereocenters. The van der Waals surface area contributed by atoms with Crippen LogP contribution < -0.4 is 0 Å². The summed E-state index contributed by atoms with van der Waals surface area (Å²) in [5.74, 6) is 5.52. The van der Waals surface area contributed by atoms with Crippen molar-refractivity contribution in [3.8, 4) is 0 Å². The van der Waals surface area contributed by atoms with Crippen LogP contribution >= 0.6 is 0 Å². The third-order valence-corrected chi connectivity index (χ3v) is 6.72. The molecule has 4 unspecified atom stereocenters. The zero-order chi connectivity index (χ0) is 17.1. The van der Waals surface area contributed by atoms with Crippen molar-refractivity contribution in [3.05, 3.63) is 0 Å². The minimum Gasteiger partial charge on any atom is -0.0651 e. The first-order valence-electron chi connectivity index (χ1n) is 10.5. The fourth-order valence-corrected chi connectivity index (χ4v) is 4.69. The van der Waals surface area contributed by atoms with Gasteiger partial charge in [0.2, 0.25) is 0 Å². The van der Waals surface area contributed by atoms with Gasteiger partial charge < -0.3 is 0 Å². The molecule has 0 aliphatic rings. The molecular formula is C22H46. The zero-order valence-corrected chi connectivity index (χ0v) is 17.1.